The number of hydrogen-bond acceptors (Lipinski definition) is 7. The van der Waals surface area contributed by atoms with Crippen molar-refractivity contribution in [1.82, 2.24) is 16.0 Å². The number of rotatable bonds is 20. The van der Waals surface area contributed by atoms with Crippen molar-refractivity contribution in [3.63, 3.8) is 0 Å². The first-order valence-corrected chi connectivity index (χ1v) is 14.9. The quantitative estimate of drug-likeness (QED) is 0.0240. The molecule has 0 bridgehead atoms. The smallest absolute Gasteiger partial charge is 0.240 e. The fourth-order valence-corrected chi connectivity index (χ4v) is 4.67. The van der Waals surface area contributed by atoms with Gasteiger partial charge in [0.05, 0.1) is 12.1 Å². The molecule has 0 aliphatic rings. The Morgan fingerprint density at radius 3 is 1.94 bits per heavy atom. The number of carbonyl (C=O) groups is 3. The van der Waals surface area contributed by atoms with Gasteiger partial charge in [-0.1, -0.05) is 30.3 Å². The van der Waals surface area contributed by atoms with Crippen LogP contribution in [0.5, 0.6) is 0 Å². The summed E-state index contributed by atoms with van der Waals surface area (Å²) in [5, 5.41) is 7.86. The summed E-state index contributed by atoms with van der Waals surface area (Å²) >= 11 is 0. The van der Waals surface area contributed by atoms with E-state index in [1.54, 1.807) is 30.3 Å². The van der Waals surface area contributed by atoms with Crippen LogP contribution in [0.1, 0.15) is 43.2 Å². The molecule has 0 unspecified atom stereocenters. The highest BCUT2D eigenvalue weighted by Gasteiger charge is 2.31. The van der Waals surface area contributed by atoms with Crippen LogP contribution in [0.2, 0.25) is 0 Å². The molecule has 260 valence electrons. The fourth-order valence-electron chi connectivity index (χ4n) is 4.67. The maximum absolute atomic E-state index is 14.7. The normalized spacial score (nSPS) is 13.7. The van der Waals surface area contributed by atoms with Crippen LogP contribution in [0.15, 0.2) is 35.3 Å². The van der Waals surface area contributed by atoms with Crippen molar-refractivity contribution >= 4 is 23.7 Å². The van der Waals surface area contributed by atoms with Gasteiger partial charge in [-0.2, -0.15) is 0 Å². The van der Waals surface area contributed by atoms with Crippen molar-refractivity contribution < 1.29 is 36.3 Å². The van der Waals surface area contributed by atoms with Gasteiger partial charge in [0.2, 0.25) is 23.5 Å². The SMILES string of the molecule is NCCCC[C@H](NC(=O)[C@H](Cc1c(F)c(F)c(F)c(F)c1F)NC[C@@H](CCCN=C(N)N)NC(=O)[C@@H](N)Cc1ccccc1)C(N)=O. The summed E-state index contributed by atoms with van der Waals surface area (Å²) in [5.41, 5.74) is 27.3. The highest BCUT2D eigenvalue weighted by molar-refractivity contribution is 5.89. The van der Waals surface area contributed by atoms with Gasteiger partial charge in [-0.05, 0) is 50.6 Å². The molecular weight excluding hydrogens is 629 g/mol. The van der Waals surface area contributed by atoms with Gasteiger partial charge in [0, 0.05) is 31.1 Å². The van der Waals surface area contributed by atoms with Gasteiger partial charge in [-0.25, -0.2) is 22.0 Å². The maximum atomic E-state index is 14.7. The number of unbranched alkanes of at least 4 members (excludes halogenated alkanes) is 1. The molecule has 0 saturated carbocycles. The molecule has 47 heavy (non-hydrogen) atoms. The zero-order valence-electron chi connectivity index (χ0n) is 25.7. The molecule has 4 atom stereocenters. The van der Waals surface area contributed by atoms with E-state index in [1.165, 1.54) is 0 Å². The third-order valence-electron chi connectivity index (χ3n) is 7.23. The second-order valence-electron chi connectivity index (χ2n) is 10.9. The van der Waals surface area contributed by atoms with Gasteiger partial charge in [0.25, 0.3) is 0 Å². The molecule has 0 radical (unpaired) electrons. The molecule has 2 aromatic carbocycles. The summed E-state index contributed by atoms with van der Waals surface area (Å²) < 4.78 is 71.1. The highest BCUT2D eigenvalue weighted by Crippen LogP contribution is 2.24. The topological polar surface area (TPSA) is 230 Å². The van der Waals surface area contributed by atoms with E-state index in [0.717, 1.165) is 5.56 Å². The largest absolute Gasteiger partial charge is 0.370 e. The predicted molar refractivity (Wildman–Crippen MR) is 166 cm³/mol. The lowest BCUT2D eigenvalue weighted by Gasteiger charge is -2.26. The van der Waals surface area contributed by atoms with Gasteiger partial charge >= 0.3 is 0 Å². The molecule has 3 amide bonds. The number of nitrogens with one attached hydrogen (secondary N) is 3. The van der Waals surface area contributed by atoms with E-state index in [2.05, 4.69) is 20.9 Å². The van der Waals surface area contributed by atoms with E-state index in [1.807, 2.05) is 0 Å². The number of aliphatic imine (C=N–C) groups is 1. The Bertz CT molecular complexity index is 1350. The molecular formula is C30H42F5N9O3. The molecule has 13 N–H and O–H groups in total. The molecule has 0 saturated heterocycles. The highest BCUT2D eigenvalue weighted by atomic mass is 19.2. The second-order valence-corrected chi connectivity index (χ2v) is 10.9. The zero-order valence-corrected chi connectivity index (χ0v) is 25.7. The Labute approximate surface area is 269 Å². The average molecular weight is 672 g/mol. The minimum atomic E-state index is -2.36. The first kappa shape index (κ1) is 38.8. The third kappa shape index (κ3) is 12.4. The minimum Gasteiger partial charge on any atom is -0.370 e. The van der Waals surface area contributed by atoms with Crippen LogP contribution < -0.4 is 44.6 Å². The maximum Gasteiger partial charge on any atom is 0.240 e. The average Bonchev–Trinajstić information content (AvgIpc) is 3.03. The van der Waals surface area contributed by atoms with Crippen LogP contribution in [0.25, 0.3) is 0 Å². The third-order valence-corrected chi connectivity index (χ3v) is 7.23. The van der Waals surface area contributed by atoms with Gasteiger partial charge < -0.3 is 44.6 Å². The molecule has 12 nitrogen and oxygen atoms in total. The Morgan fingerprint density at radius 2 is 1.36 bits per heavy atom. The molecule has 0 aliphatic carbocycles. The minimum absolute atomic E-state index is 0.0797. The number of nitrogens with zero attached hydrogens (tertiary/aromatic N) is 1. The van der Waals surface area contributed by atoms with Crippen LogP contribution in [-0.2, 0) is 27.2 Å². The van der Waals surface area contributed by atoms with E-state index in [4.69, 9.17) is 28.7 Å². The molecule has 0 fully saturated rings. The Morgan fingerprint density at radius 1 is 0.745 bits per heavy atom. The van der Waals surface area contributed by atoms with Crippen LogP contribution in [0.4, 0.5) is 22.0 Å². The summed E-state index contributed by atoms with van der Waals surface area (Å²) in [4.78, 5) is 42.3. The lowest BCUT2D eigenvalue weighted by molar-refractivity contribution is -0.128. The Hall–Kier alpha value is -4.35. The van der Waals surface area contributed by atoms with Crippen molar-refractivity contribution in [3.05, 3.63) is 70.5 Å². The van der Waals surface area contributed by atoms with Crippen LogP contribution in [-0.4, -0.2) is 67.5 Å². The number of primary amides is 1. The standard InChI is InChI=1S/C30H42F5N9O3/c31-22-18(23(32)25(34)26(35)24(22)33)14-21(29(47)44-20(27(38)45)10-4-5-11-36)42-15-17(9-6-12-41-30(39)40)43-28(46)19(37)13-16-7-2-1-3-8-16/h1-3,7-8,17,19-21,42H,4-6,9-15,36-37H2,(H2,38,45)(H,43,46)(H,44,47)(H4,39,40,41)/t17-,19+,20+,21+/m1/s1. The van der Waals surface area contributed by atoms with E-state index >= 15 is 0 Å². The lowest BCUT2D eigenvalue weighted by Crippen LogP contribution is -2.56. The van der Waals surface area contributed by atoms with Crippen molar-refractivity contribution in [2.75, 3.05) is 19.6 Å². The second kappa shape index (κ2) is 19.3. The molecule has 2 aromatic rings. The van der Waals surface area contributed by atoms with Gasteiger partial charge in [-0.3, -0.25) is 19.4 Å². The van der Waals surface area contributed by atoms with Gasteiger partial charge in [0.15, 0.2) is 29.2 Å². The summed E-state index contributed by atoms with van der Waals surface area (Å²) in [6.07, 6.45) is 0.702. The van der Waals surface area contributed by atoms with E-state index < -0.39 is 83.0 Å². The van der Waals surface area contributed by atoms with Crippen molar-refractivity contribution in [2.45, 2.75) is 69.1 Å². The van der Waals surface area contributed by atoms with Crippen LogP contribution in [0.3, 0.4) is 0 Å². The molecule has 0 aliphatic heterocycles. The Kier molecular flexibility index (Phi) is 16.0. The predicted octanol–water partition coefficient (Wildman–Crippen LogP) is 0.0903. The van der Waals surface area contributed by atoms with E-state index in [-0.39, 0.29) is 38.3 Å². The summed E-state index contributed by atoms with van der Waals surface area (Å²) in [6.45, 7) is 0.227. The van der Waals surface area contributed by atoms with Gasteiger partial charge in [0.1, 0.15) is 6.04 Å². The fraction of sp³-hybridized carbons (Fsp3) is 0.467. The summed E-state index contributed by atoms with van der Waals surface area (Å²) in [6, 6.07) is 4.32. The number of halogens is 5. The van der Waals surface area contributed by atoms with Crippen LogP contribution >= 0.6 is 0 Å². The first-order chi connectivity index (χ1) is 22.3. The Balaban J connectivity index is 2.34. The number of guanidine groups is 1. The first-order valence-electron chi connectivity index (χ1n) is 14.9. The van der Waals surface area contributed by atoms with Crippen molar-refractivity contribution in [1.29, 1.82) is 0 Å². The molecule has 0 heterocycles. The monoisotopic (exact) mass is 671 g/mol. The number of nitrogens with two attached hydrogens (primary N) is 5. The number of hydrogen-bond donors (Lipinski definition) is 8. The molecule has 0 spiro atoms. The summed E-state index contributed by atoms with van der Waals surface area (Å²) in [7, 11) is 0. The molecule has 0 aromatic heterocycles. The zero-order chi connectivity index (χ0) is 35.1. The number of benzene rings is 2. The van der Waals surface area contributed by atoms with Gasteiger partial charge in [-0.15, -0.1) is 0 Å². The van der Waals surface area contributed by atoms with E-state index in [9.17, 15) is 36.3 Å². The van der Waals surface area contributed by atoms with Crippen molar-refractivity contribution in [2.24, 2.45) is 33.7 Å². The summed E-state index contributed by atoms with van der Waals surface area (Å²) in [5.74, 6) is -13.6. The number of carbonyl (C=O) groups excluding carboxylic acids is 3. The van der Waals surface area contributed by atoms with Crippen LogP contribution in [0, 0.1) is 29.1 Å². The van der Waals surface area contributed by atoms with E-state index in [0.29, 0.717) is 25.8 Å². The number of amides is 3. The molecule has 2 rings (SSSR count). The molecule has 17 heteroatoms. The lowest BCUT2D eigenvalue weighted by atomic mass is 10.0. The van der Waals surface area contributed by atoms with Crippen molar-refractivity contribution in [3.8, 4) is 0 Å².